The van der Waals surface area contributed by atoms with Gasteiger partial charge in [0, 0.05) is 12.2 Å². The number of rotatable bonds is 6. The van der Waals surface area contributed by atoms with Crippen LogP contribution in [0.2, 0.25) is 0 Å². The molecule has 9 heteroatoms. The molecule has 30 heavy (non-hydrogen) atoms. The van der Waals surface area contributed by atoms with Crippen LogP contribution in [0.1, 0.15) is 22.2 Å². The summed E-state index contributed by atoms with van der Waals surface area (Å²) in [5, 5.41) is 1.84. The lowest BCUT2D eigenvalue weighted by Crippen LogP contribution is -2.28. The van der Waals surface area contributed by atoms with E-state index in [1.807, 2.05) is 11.4 Å². The molecular formula is C21H19FN2O4S2. The van der Waals surface area contributed by atoms with E-state index < -0.39 is 15.8 Å². The van der Waals surface area contributed by atoms with Gasteiger partial charge in [-0.05, 0) is 60.7 Å². The monoisotopic (exact) mass is 446 g/mol. The molecule has 1 aliphatic heterocycles. The number of carbonyl (C=O) groups is 1. The average molecular weight is 447 g/mol. The third-order valence-electron chi connectivity index (χ3n) is 4.72. The first-order chi connectivity index (χ1) is 14.4. The van der Waals surface area contributed by atoms with Crippen LogP contribution in [-0.2, 0) is 16.4 Å². The summed E-state index contributed by atoms with van der Waals surface area (Å²) in [6.07, 6.45) is 0.698. The van der Waals surface area contributed by atoms with E-state index in [1.165, 1.54) is 23.5 Å². The molecule has 1 aromatic heterocycles. The highest BCUT2D eigenvalue weighted by Gasteiger charge is 2.27. The predicted molar refractivity (Wildman–Crippen MR) is 115 cm³/mol. The number of thiophene rings is 1. The normalized spacial score (nSPS) is 13.2. The van der Waals surface area contributed by atoms with Crippen LogP contribution in [0.4, 0.5) is 15.8 Å². The number of amides is 1. The minimum absolute atomic E-state index is 0.00304. The summed E-state index contributed by atoms with van der Waals surface area (Å²) in [4.78, 5) is 14.8. The Morgan fingerprint density at radius 3 is 2.77 bits per heavy atom. The van der Waals surface area contributed by atoms with Gasteiger partial charge in [0.15, 0.2) is 11.6 Å². The van der Waals surface area contributed by atoms with Crippen LogP contribution in [0.3, 0.4) is 0 Å². The molecule has 1 amide bonds. The number of fused-ring (bicyclic) bond motifs is 1. The van der Waals surface area contributed by atoms with Crippen LogP contribution in [0.15, 0.2) is 58.8 Å². The van der Waals surface area contributed by atoms with E-state index in [0.29, 0.717) is 29.2 Å². The van der Waals surface area contributed by atoms with Gasteiger partial charge < -0.3 is 9.64 Å². The highest BCUT2D eigenvalue weighted by atomic mass is 32.2. The number of benzene rings is 2. The lowest BCUT2D eigenvalue weighted by Gasteiger charge is -2.17. The molecule has 4 rings (SSSR count). The van der Waals surface area contributed by atoms with Gasteiger partial charge in [0.2, 0.25) is 0 Å². The van der Waals surface area contributed by atoms with Gasteiger partial charge in [-0.3, -0.25) is 9.52 Å². The maximum atomic E-state index is 14.1. The smallest absolute Gasteiger partial charge is 0.268 e. The van der Waals surface area contributed by atoms with Crippen LogP contribution >= 0.6 is 11.3 Å². The van der Waals surface area contributed by atoms with Crippen molar-refractivity contribution < 1.29 is 22.3 Å². The van der Waals surface area contributed by atoms with Gasteiger partial charge in [-0.15, -0.1) is 11.3 Å². The molecule has 1 aliphatic rings. The number of sulfonamides is 1. The highest BCUT2D eigenvalue weighted by Crippen LogP contribution is 2.33. The molecule has 1 N–H and O–H groups in total. The topological polar surface area (TPSA) is 75.7 Å². The first-order valence-electron chi connectivity index (χ1n) is 9.32. The Morgan fingerprint density at radius 2 is 2.07 bits per heavy atom. The molecule has 2 heterocycles. The van der Waals surface area contributed by atoms with E-state index >= 15 is 0 Å². The Hall–Kier alpha value is -2.91. The molecule has 0 spiro atoms. The quantitative estimate of drug-likeness (QED) is 0.613. The van der Waals surface area contributed by atoms with Crippen molar-refractivity contribution in [2.24, 2.45) is 0 Å². The highest BCUT2D eigenvalue weighted by molar-refractivity contribution is 7.92. The molecule has 3 aromatic rings. The second kappa shape index (κ2) is 8.08. The van der Waals surface area contributed by atoms with Crippen LogP contribution in [0, 0.1) is 5.82 Å². The maximum Gasteiger partial charge on any atom is 0.268 e. The van der Waals surface area contributed by atoms with Crippen molar-refractivity contribution >= 4 is 38.6 Å². The Balaban J connectivity index is 1.59. The number of carbonyl (C=O) groups excluding carboxylic acids is 1. The van der Waals surface area contributed by atoms with Crippen LogP contribution < -0.4 is 14.4 Å². The fraction of sp³-hybridized carbons (Fsp3) is 0.190. The van der Waals surface area contributed by atoms with E-state index in [4.69, 9.17) is 4.74 Å². The summed E-state index contributed by atoms with van der Waals surface area (Å²) in [5.41, 5.74) is 1.94. The number of hydrogen-bond acceptors (Lipinski definition) is 5. The van der Waals surface area contributed by atoms with Crippen molar-refractivity contribution in [3.63, 3.8) is 0 Å². The molecule has 0 radical (unpaired) electrons. The molecule has 0 saturated carbocycles. The molecule has 6 nitrogen and oxygen atoms in total. The molecule has 156 valence electrons. The Labute approximate surface area is 178 Å². The van der Waals surface area contributed by atoms with Crippen LogP contribution in [-0.4, -0.2) is 27.5 Å². The summed E-state index contributed by atoms with van der Waals surface area (Å²) in [6, 6.07) is 12.2. The van der Waals surface area contributed by atoms with Gasteiger partial charge in [-0.1, -0.05) is 12.1 Å². The number of halogens is 1. The molecule has 0 saturated heterocycles. The van der Waals surface area contributed by atoms with E-state index in [1.54, 1.807) is 36.1 Å². The fourth-order valence-electron chi connectivity index (χ4n) is 3.32. The van der Waals surface area contributed by atoms with Gasteiger partial charge in [0.05, 0.1) is 22.1 Å². The first-order valence-corrected chi connectivity index (χ1v) is 11.7. The maximum absolute atomic E-state index is 14.1. The number of nitrogens with one attached hydrogen (secondary N) is 1. The lowest BCUT2D eigenvalue weighted by atomic mass is 10.1. The van der Waals surface area contributed by atoms with Gasteiger partial charge in [0.1, 0.15) is 0 Å². The number of nitrogens with zero attached hydrogens (tertiary/aromatic N) is 1. The minimum atomic E-state index is -4.01. The number of anilines is 2. The van der Waals surface area contributed by atoms with E-state index in [-0.39, 0.29) is 23.2 Å². The van der Waals surface area contributed by atoms with Gasteiger partial charge in [-0.2, -0.15) is 0 Å². The lowest BCUT2D eigenvalue weighted by molar-refractivity contribution is 0.0993. The summed E-state index contributed by atoms with van der Waals surface area (Å²) in [7, 11) is -4.01. The fourth-order valence-corrected chi connectivity index (χ4v) is 5.06. The van der Waals surface area contributed by atoms with E-state index in [9.17, 15) is 17.6 Å². The third-order valence-corrected chi connectivity index (χ3v) is 6.96. The van der Waals surface area contributed by atoms with Crippen molar-refractivity contribution in [3.8, 4) is 5.75 Å². The summed E-state index contributed by atoms with van der Waals surface area (Å²) >= 11 is 1.36. The first kappa shape index (κ1) is 20.4. The molecule has 0 fully saturated rings. The van der Waals surface area contributed by atoms with Gasteiger partial charge in [0.25, 0.3) is 15.9 Å². The zero-order chi connectivity index (χ0) is 21.3. The zero-order valence-electron chi connectivity index (χ0n) is 16.1. The van der Waals surface area contributed by atoms with Crippen molar-refractivity contribution in [3.05, 3.63) is 70.2 Å². The van der Waals surface area contributed by atoms with Crippen molar-refractivity contribution in [1.82, 2.24) is 0 Å². The molecule has 0 aliphatic carbocycles. The van der Waals surface area contributed by atoms with Crippen molar-refractivity contribution in [2.45, 2.75) is 18.2 Å². The summed E-state index contributed by atoms with van der Waals surface area (Å²) < 4.78 is 47.1. The Morgan fingerprint density at radius 1 is 1.23 bits per heavy atom. The van der Waals surface area contributed by atoms with Crippen LogP contribution in [0.25, 0.3) is 0 Å². The standard InChI is InChI=1S/C21H19FN2O4S2/c1-2-28-19-8-7-16(13-17(19)22)30(26,27)23-15-6-5-14-9-10-24(18(14)12-15)21(25)20-4-3-11-29-20/h3-8,11-13,23H,2,9-10H2,1H3. The van der Waals surface area contributed by atoms with Crippen LogP contribution in [0.5, 0.6) is 5.75 Å². The van der Waals surface area contributed by atoms with Gasteiger partial charge in [-0.25, -0.2) is 12.8 Å². The number of ether oxygens (including phenoxy) is 1. The predicted octanol–water partition coefficient (Wildman–Crippen LogP) is 4.29. The molecule has 2 aromatic carbocycles. The zero-order valence-corrected chi connectivity index (χ0v) is 17.7. The van der Waals surface area contributed by atoms with Gasteiger partial charge >= 0.3 is 0 Å². The third kappa shape index (κ3) is 3.90. The Bertz CT molecular complexity index is 1190. The minimum Gasteiger partial charge on any atom is -0.491 e. The molecule has 0 atom stereocenters. The summed E-state index contributed by atoms with van der Waals surface area (Å²) in [6.45, 7) is 2.52. The average Bonchev–Trinajstić information content (AvgIpc) is 3.38. The number of hydrogen-bond donors (Lipinski definition) is 1. The largest absolute Gasteiger partial charge is 0.491 e. The molecule has 0 bridgehead atoms. The SMILES string of the molecule is CCOc1ccc(S(=O)(=O)Nc2ccc3c(c2)N(C(=O)c2cccs2)CC3)cc1F. The van der Waals surface area contributed by atoms with E-state index in [2.05, 4.69) is 4.72 Å². The second-order valence-corrected chi connectivity index (χ2v) is 9.29. The second-order valence-electron chi connectivity index (χ2n) is 6.66. The summed E-state index contributed by atoms with van der Waals surface area (Å²) in [5.74, 6) is -0.865. The Kier molecular flexibility index (Phi) is 5.48. The van der Waals surface area contributed by atoms with Crippen molar-refractivity contribution in [2.75, 3.05) is 22.8 Å². The van der Waals surface area contributed by atoms with Crippen molar-refractivity contribution in [1.29, 1.82) is 0 Å². The van der Waals surface area contributed by atoms with E-state index in [0.717, 1.165) is 11.6 Å². The molecule has 0 unspecified atom stereocenters. The molecular weight excluding hydrogens is 427 g/mol.